The molecule has 5 nitrogen and oxygen atoms in total. The van der Waals surface area contributed by atoms with Gasteiger partial charge in [0.15, 0.2) is 10.8 Å². The second-order valence-electron chi connectivity index (χ2n) is 8.58. The van der Waals surface area contributed by atoms with Gasteiger partial charge in [-0.1, -0.05) is 54.1 Å². The molecule has 1 fully saturated rings. The zero-order valence-electron chi connectivity index (χ0n) is 18.3. The molecule has 2 aliphatic heterocycles. The molecule has 2 aliphatic rings. The Labute approximate surface area is 193 Å². The molecular weight excluding hydrogens is 418 g/mol. The van der Waals surface area contributed by atoms with E-state index < -0.39 is 11.6 Å². The van der Waals surface area contributed by atoms with E-state index in [9.17, 15) is 4.79 Å². The van der Waals surface area contributed by atoms with Crippen LogP contribution in [0, 0.1) is 19.8 Å². The Morgan fingerprint density at radius 2 is 1.78 bits per heavy atom. The molecule has 3 aromatic carbocycles. The highest BCUT2D eigenvalue weighted by Crippen LogP contribution is 2.49. The Balaban J connectivity index is 1.61. The van der Waals surface area contributed by atoms with Crippen LogP contribution in [0.2, 0.25) is 0 Å². The molecule has 0 radical (unpaired) electrons. The van der Waals surface area contributed by atoms with Gasteiger partial charge in [-0.15, -0.1) is 0 Å². The number of carbonyl (C=O) groups excluding carboxylic acids is 1. The molecule has 2 bridgehead atoms. The topological polar surface area (TPSA) is 53.6 Å². The number of thiocarbonyl (C=S) groups is 1. The molecule has 3 aromatic rings. The lowest BCUT2D eigenvalue weighted by atomic mass is 9.78. The van der Waals surface area contributed by atoms with Crippen molar-refractivity contribution in [1.29, 1.82) is 0 Å². The van der Waals surface area contributed by atoms with Gasteiger partial charge in [-0.3, -0.25) is 9.69 Å². The lowest BCUT2D eigenvalue weighted by molar-refractivity contribution is -0.130. The van der Waals surface area contributed by atoms with Crippen LogP contribution in [-0.2, 0) is 4.79 Å². The maximum atomic E-state index is 13.8. The molecule has 162 valence electrons. The molecule has 1 amide bonds. The number of carbonyl (C=O) groups is 1. The van der Waals surface area contributed by atoms with Gasteiger partial charge in [-0.2, -0.15) is 0 Å². The Kier molecular flexibility index (Phi) is 4.90. The number of benzene rings is 3. The SMILES string of the molecule is Cc1ccc(NC(=O)[C@@H]2[C@H]3NC(=S)N(c4ccccc4)[C@@]2(C)Oc2ccccc23)c(C)c1. The van der Waals surface area contributed by atoms with Crippen molar-refractivity contribution in [3.8, 4) is 5.75 Å². The highest BCUT2D eigenvalue weighted by molar-refractivity contribution is 7.80. The summed E-state index contributed by atoms with van der Waals surface area (Å²) in [6.45, 7) is 5.99. The van der Waals surface area contributed by atoms with E-state index in [4.69, 9.17) is 17.0 Å². The van der Waals surface area contributed by atoms with Crippen molar-refractivity contribution in [3.05, 3.63) is 89.5 Å². The van der Waals surface area contributed by atoms with Crippen LogP contribution >= 0.6 is 12.2 Å². The van der Waals surface area contributed by atoms with Gasteiger partial charge in [-0.05, 0) is 62.8 Å². The van der Waals surface area contributed by atoms with Gasteiger partial charge in [0.05, 0.1) is 6.04 Å². The predicted molar refractivity (Wildman–Crippen MR) is 131 cm³/mol. The minimum absolute atomic E-state index is 0.116. The summed E-state index contributed by atoms with van der Waals surface area (Å²) < 4.78 is 6.59. The Hall–Kier alpha value is -3.38. The third-order valence-electron chi connectivity index (χ3n) is 6.34. The average molecular weight is 444 g/mol. The van der Waals surface area contributed by atoms with Crippen LogP contribution in [-0.4, -0.2) is 16.7 Å². The number of para-hydroxylation sites is 2. The van der Waals surface area contributed by atoms with E-state index in [0.29, 0.717) is 5.11 Å². The first kappa shape index (κ1) is 20.5. The molecule has 1 saturated heterocycles. The fraction of sp³-hybridized carbons (Fsp3) is 0.231. The number of ether oxygens (including phenoxy) is 1. The summed E-state index contributed by atoms with van der Waals surface area (Å²) >= 11 is 5.77. The van der Waals surface area contributed by atoms with Crippen molar-refractivity contribution in [2.24, 2.45) is 5.92 Å². The molecule has 0 aliphatic carbocycles. The zero-order chi connectivity index (χ0) is 22.5. The molecule has 0 saturated carbocycles. The van der Waals surface area contributed by atoms with Crippen molar-refractivity contribution in [2.75, 3.05) is 10.2 Å². The molecule has 32 heavy (non-hydrogen) atoms. The number of hydrogen-bond acceptors (Lipinski definition) is 3. The third kappa shape index (κ3) is 3.22. The number of aryl methyl sites for hydroxylation is 2. The van der Waals surface area contributed by atoms with Gasteiger partial charge < -0.3 is 15.4 Å². The normalized spacial score (nSPS) is 23.6. The van der Waals surface area contributed by atoms with Crippen LogP contribution in [0.25, 0.3) is 0 Å². The lowest BCUT2D eigenvalue weighted by Crippen LogP contribution is -2.72. The molecule has 0 spiro atoms. The second kappa shape index (κ2) is 7.64. The highest BCUT2D eigenvalue weighted by atomic mass is 32.1. The number of nitrogens with zero attached hydrogens (tertiary/aromatic N) is 1. The molecule has 0 aromatic heterocycles. The quantitative estimate of drug-likeness (QED) is 0.552. The van der Waals surface area contributed by atoms with Gasteiger partial charge >= 0.3 is 0 Å². The van der Waals surface area contributed by atoms with E-state index in [1.165, 1.54) is 0 Å². The van der Waals surface area contributed by atoms with Gasteiger partial charge in [0.1, 0.15) is 11.7 Å². The van der Waals surface area contributed by atoms with Crippen molar-refractivity contribution in [2.45, 2.75) is 32.5 Å². The third-order valence-corrected chi connectivity index (χ3v) is 6.64. The van der Waals surface area contributed by atoms with E-state index >= 15 is 0 Å². The summed E-state index contributed by atoms with van der Waals surface area (Å²) in [6, 6.07) is 23.4. The van der Waals surface area contributed by atoms with Crippen LogP contribution in [0.15, 0.2) is 72.8 Å². The zero-order valence-corrected chi connectivity index (χ0v) is 19.1. The summed E-state index contributed by atoms with van der Waals surface area (Å²) in [6.07, 6.45) is 0. The largest absolute Gasteiger partial charge is 0.467 e. The fourth-order valence-corrected chi connectivity index (χ4v) is 5.27. The fourth-order valence-electron chi connectivity index (χ4n) is 4.86. The van der Waals surface area contributed by atoms with E-state index in [1.807, 2.05) is 92.4 Å². The Morgan fingerprint density at radius 1 is 1.06 bits per heavy atom. The van der Waals surface area contributed by atoms with Crippen LogP contribution in [0.3, 0.4) is 0 Å². The van der Waals surface area contributed by atoms with E-state index in [1.54, 1.807) is 0 Å². The molecule has 0 unspecified atom stereocenters. The summed E-state index contributed by atoms with van der Waals surface area (Å²) in [5, 5.41) is 7.12. The van der Waals surface area contributed by atoms with Gasteiger partial charge in [-0.25, -0.2) is 0 Å². The minimum atomic E-state index is -1.01. The van der Waals surface area contributed by atoms with E-state index in [0.717, 1.165) is 33.8 Å². The Morgan fingerprint density at radius 3 is 2.53 bits per heavy atom. The van der Waals surface area contributed by atoms with Crippen LogP contribution in [0.1, 0.15) is 29.7 Å². The average Bonchev–Trinajstić information content (AvgIpc) is 2.75. The second-order valence-corrected chi connectivity index (χ2v) is 8.96. The predicted octanol–water partition coefficient (Wildman–Crippen LogP) is 5.10. The van der Waals surface area contributed by atoms with Gasteiger partial charge in [0, 0.05) is 16.9 Å². The van der Waals surface area contributed by atoms with Crippen LogP contribution < -0.4 is 20.3 Å². The first-order chi connectivity index (χ1) is 15.4. The first-order valence-electron chi connectivity index (χ1n) is 10.7. The number of anilines is 2. The maximum Gasteiger partial charge on any atom is 0.236 e. The van der Waals surface area contributed by atoms with Crippen molar-refractivity contribution < 1.29 is 9.53 Å². The molecule has 2 N–H and O–H groups in total. The molecule has 3 atom stereocenters. The molecular formula is C26H25N3O2S. The minimum Gasteiger partial charge on any atom is -0.467 e. The van der Waals surface area contributed by atoms with Crippen molar-refractivity contribution in [3.63, 3.8) is 0 Å². The summed E-state index contributed by atoms with van der Waals surface area (Å²) in [5.74, 6) is 0.0893. The smallest absolute Gasteiger partial charge is 0.236 e. The van der Waals surface area contributed by atoms with Crippen molar-refractivity contribution >= 4 is 34.6 Å². The first-order valence-corrected chi connectivity index (χ1v) is 11.1. The van der Waals surface area contributed by atoms with Crippen LogP contribution in [0.4, 0.5) is 11.4 Å². The lowest BCUT2D eigenvalue weighted by Gasteiger charge is -2.56. The van der Waals surface area contributed by atoms with Gasteiger partial charge in [0.25, 0.3) is 0 Å². The number of rotatable bonds is 3. The van der Waals surface area contributed by atoms with E-state index in [2.05, 4.69) is 16.7 Å². The summed E-state index contributed by atoms with van der Waals surface area (Å²) in [7, 11) is 0. The Bertz CT molecular complexity index is 1210. The highest BCUT2D eigenvalue weighted by Gasteiger charge is 2.59. The number of hydrogen-bond donors (Lipinski definition) is 2. The molecule has 2 heterocycles. The van der Waals surface area contributed by atoms with Crippen LogP contribution in [0.5, 0.6) is 5.75 Å². The standard InChI is InChI=1S/C26H25N3O2S/c1-16-13-14-20(17(2)15-16)27-24(30)22-23-19-11-7-8-12-21(19)31-26(22,3)29(25(32)28-23)18-9-5-4-6-10-18/h4-15,22-23H,1-3H3,(H,27,30)(H,28,32)/t22-,23-,26-/m0/s1. The van der Waals surface area contributed by atoms with E-state index in [-0.39, 0.29) is 11.9 Å². The molecule has 5 rings (SSSR count). The summed E-state index contributed by atoms with van der Waals surface area (Å²) in [5.41, 5.74) is 3.77. The monoisotopic (exact) mass is 443 g/mol. The number of nitrogens with one attached hydrogen (secondary N) is 2. The number of amides is 1. The van der Waals surface area contributed by atoms with Crippen molar-refractivity contribution in [1.82, 2.24) is 5.32 Å². The summed E-state index contributed by atoms with van der Waals surface area (Å²) in [4.78, 5) is 15.7. The number of fused-ring (bicyclic) bond motifs is 4. The maximum absolute atomic E-state index is 13.8. The van der Waals surface area contributed by atoms with Gasteiger partial charge in [0.2, 0.25) is 5.91 Å². The molecule has 6 heteroatoms.